The Hall–Kier alpha value is -2.92. The van der Waals surface area contributed by atoms with Gasteiger partial charge in [0.2, 0.25) is 5.89 Å². The smallest absolute Gasteiger partial charge is 0.338 e. The summed E-state index contributed by atoms with van der Waals surface area (Å²) in [6.45, 7) is 1.77. The molecule has 1 heterocycles. The Balaban J connectivity index is 1.68. The molecule has 1 aromatic heterocycles. The summed E-state index contributed by atoms with van der Waals surface area (Å²) in [6.07, 6.45) is 0. The molecule has 0 amide bonds. The molecule has 0 spiro atoms. The van der Waals surface area contributed by atoms with Crippen LogP contribution in [-0.2, 0) is 18.0 Å². The predicted octanol–water partition coefficient (Wildman–Crippen LogP) is 3.50. The Morgan fingerprint density at radius 2 is 1.83 bits per heavy atom. The molecule has 5 heteroatoms. The van der Waals surface area contributed by atoms with Gasteiger partial charge in [0.1, 0.15) is 18.1 Å². The van der Waals surface area contributed by atoms with E-state index in [0.717, 1.165) is 11.1 Å². The number of hydrogen-bond acceptors (Lipinski definition) is 5. The van der Waals surface area contributed by atoms with Crippen molar-refractivity contribution in [3.8, 4) is 11.5 Å². The van der Waals surface area contributed by atoms with Crippen LogP contribution in [-0.4, -0.2) is 16.1 Å². The maximum Gasteiger partial charge on any atom is 0.338 e. The number of benzene rings is 2. The van der Waals surface area contributed by atoms with Crippen LogP contribution in [0.25, 0.3) is 11.5 Å². The van der Waals surface area contributed by atoms with E-state index in [1.807, 2.05) is 30.3 Å². The summed E-state index contributed by atoms with van der Waals surface area (Å²) in [5, 5.41) is 9.01. The van der Waals surface area contributed by atoms with E-state index >= 15 is 0 Å². The zero-order chi connectivity index (χ0) is 16.9. The fraction of sp³-hybridized carbons (Fsp3) is 0.158. The Kier molecular flexibility index (Phi) is 4.72. The van der Waals surface area contributed by atoms with Crippen LogP contribution < -0.4 is 0 Å². The van der Waals surface area contributed by atoms with Gasteiger partial charge in [0.05, 0.1) is 12.2 Å². The fourth-order valence-electron chi connectivity index (χ4n) is 2.23. The van der Waals surface area contributed by atoms with Crippen LogP contribution in [0.1, 0.15) is 27.4 Å². The number of nitrogens with zero attached hydrogens (tertiary/aromatic N) is 1. The minimum Gasteiger partial charge on any atom is -0.455 e. The van der Waals surface area contributed by atoms with Gasteiger partial charge in [-0.1, -0.05) is 30.3 Å². The first-order valence-electron chi connectivity index (χ1n) is 7.56. The Morgan fingerprint density at radius 1 is 1.12 bits per heavy atom. The van der Waals surface area contributed by atoms with Gasteiger partial charge in [-0.3, -0.25) is 0 Å². The maximum absolute atomic E-state index is 12.1. The van der Waals surface area contributed by atoms with Crippen LogP contribution in [0.4, 0.5) is 0 Å². The Morgan fingerprint density at radius 3 is 2.50 bits per heavy atom. The van der Waals surface area contributed by atoms with Gasteiger partial charge in [0.15, 0.2) is 0 Å². The standard InChI is InChI=1S/C19H17NO4/c1-13-17(20-18(24-13)15-5-3-2-4-6-15)12-23-19(22)16-9-7-14(11-21)8-10-16/h2-10,21H,11-12H2,1H3. The zero-order valence-corrected chi connectivity index (χ0v) is 13.2. The quantitative estimate of drug-likeness (QED) is 0.728. The summed E-state index contributed by atoms with van der Waals surface area (Å²) in [6, 6.07) is 16.2. The number of hydrogen-bond donors (Lipinski definition) is 1. The molecule has 0 bridgehead atoms. The lowest BCUT2D eigenvalue weighted by molar-refractivity contribution is 0.0467. The second-order valence-electron chi connectivity index (χ2n) is 5.32. The highest BCUT2D eigenvalue weighted by molar-refractivity contribution is 5.89. The van der Waals surface area contributed by atoms with Crippen molar-refractivity contribution < 1.29 is 19.1 Å². The number of rotatable bonds is 5. The lowest BCUT2D eigenvalue weighted by atomic mass is 10.1. The second-order valence-corrected chi connectivity index (χ2v) is 5.32. The van der Waals surface area contributed by atoms with Crippen molar-refractivity contribution in [2.45, 2.75) is 20.1 Å². The molecule has 0 unspecified atom stereocenters. The molecule has 0 saturated heterocycles. The Bertz CT molecular complexity index is 822. The summed E-state index contributed by atoms with van der Waals surface area (Å²) in [4.78, 5) is 16.5. The van der Waals surface area contributed by atoms with Crippen LogP contribution in [0, 0.1) is 6.92 Å². The van der Waals surface area contributed by atoms with E-state index in [-0.39, 0.29) is 13.2 Å². The molecular formula is C19H17NO4. The summed E-state index contributed by atoms with van der Waals surface area (Å²) in [5.74, 6) is 0.687. The van der Waals surface area contributed by atoms with Crippen molar-refractivity contribution in [1.29, 1.82) is 0 Å². The van der Waals surface area contributed by atoms with E-state index in [1.165, 1.54) is 0 Å². The van der Waals surface area contributed by atoms with Gasteiger partial charge in [0, 0.05) is 5.56 Å². The van der Waals surface area contributed by atoms with Crippen molar-refractivity contribution in [2.75, 3.05) is 0 Å². The molecule has 0 radical (unpaired) electrons. The molecule has 1 N–H and O–H groups in total. The normalized spacial score (nSPS) is 10.6. The molecule has 0 saturated carbocycles. The fourth-order valence-corrected chi connectivity index (χ4v) is 2.23. The number of aliphatic hydroxyl groups excluding tert-OH is 1. The van der Waals surface area contributed by atoms with Crippen LogP contribution in [0.2, 0.25) is 0 Å². The van der Waals surface area contributed by atoms with Crippen LogP contribution >= 0.6 is 0 Å². The molecule has 24 heavy (non-hydrogen) atoms. The van der Waals surface area contributed by atoms with Gasteiger partial charge >= 0.3 is 5.97 Å². The van der Waals surface area contributed by atoms with Crippen molar-refractivity contribution in [1.82, 2.24) is 4.98 Å². The lowest BCUT2D eigenvalue weighted by Crippen LogP contribution is -2.06. The number of aromatic nitrogens is 1. The minimum atomic E-state index is -0.442. The van der Waals surface area contributed by atoms with Crippen LogP contribution in [0.5, 0.6) is 0 Å². The SMILES string of the molecule is Cc1oc(-c2ccccc2)nc1COC(=O)c1ccc(CO)cc1. The van der Waals surface area contributed by atoms with Crippen molar-refractivity contribution >= 4 is 5.97 Å². The summed E-state index contributed by atoms with van der Waals surface area (Å²) < 4.78 is 10.9. The molecule has 122 valence electrons. The molecule has 3 rings (SSSR count). The minimum absolute atomic E-state index is 0.0444. The van der Waals surface area contributed by atoms with E-state index in [9.17, 15) is 4.79 Å². The van der Waals surface area contributed by atoms with Crippen molar-refractivity contribution in [3.05, 3.63) is 77.2 Å². The number of esters is 1. The first-order chi connectivity index (χ1) is 11.7. The van der Waals surface area contributed by atoms with Crippen molar-refractivity contribution in [3.63, 3.8) is 0 Å². The van der Waals surface area contributed by atoms with Crippen LogP contribution in [0.3, 0.4) is 0 Å². The average molecular weight is 323 g/mol. The highest BCUT2D eigenvalue weighted by Crippen LogP contribution is 2.22. The third-order valence-corrected chi connectivity index (χ3v) is 3.63. The molecular weight excluding hydrogens is 306 g/mol. The van der Waals surface area contributed by atoms with E-state index in [2.05, 4.69) is 4.98 Å². The predicted molar refractivity (Wildman–Crippen MR) is 88.2 cm³/mol. The first kappa shape index (κ1) is 16.0. The number of oxazole rings is 1. The number of ether oxygens (including phenoxy) is 1. The number of aryl methyl sites for hydroxylation is 1. The molecule has 3 aromatic rings. The summed E-state index contributed by atoms with van der Waals surface area (Å²) in [7, 11) is 0. The molecule has 5 nitrogen and oxygen atoms in total. The number of aliphatic hydroxyl groups is 1. The van der Waals surface area contributed by atoms with Gasteiger partial charge in [-0.25, -0.2) is 9.78 Å². The molecule has 2 aromatic carbocycles. The van der Waals surface area contributed by atoms with E-state index in [4.69, 9.17) is 14.3 Å². The molecule has 0 aliphatic heterocycles. The first-order valence-corrected chi connectivity index (χ1v) is 7.56. The highest BCUT2D eigenvalue weighted by atomic mass is 16.5. The summed E-state index contributed by atoms with van der Waals surface area (Å²) in [5.41, 5.74) is 2.63. The van der Waals surface area contributed by atoms with Gasteiger partial charge < -0.3 is 14.3 Å². The van der Waals surface area contributed by atoms with Gasteiger partial charge in [-0.15, -0.1) is 0 Å². The molecule has 0 atom stereocenters. The zero-order valence-electron chi connectivity index (χ0n) is 13.2. The van der Waals surface area contributed by atoms with E-state index < -0.39 is 5.97 Å². The van der Waals surface area contributed by atoms with Crippen molar-refractivity contribution in [2.24, 2.45) is 0 Å². The molecule has 0 fully saturated rings. The molecule has 0 aliphatic rings. The highest BCUT2D eigenvalue weighted by Gasteiger charge is 2.14. The van der Waals surface area contributed by atoms with Crippen LogP contribution in [0.15, 0.2) is 59.0 Å². The maximum atomic E-state index is 12.1. The second kappa shape index (κ2) is 7.10. The topological polar surface area (TPSA) is 72.6 Å². The number of carbonyl (C=O) groups is 1. The average Bonchev–Trinajstić information content (AvgIpc) is 3.01. The van der Waals surface area contributed by atoms with Gasteiger partial charge in [-0.05, 0) is 36.8 Å². The van der Waals surface area contributed by atoms with E-state index in [0.29, 0.717) is 22.9 Å². The summed E-state index contributed by atoms with van der Waals surface area (Å²) >= 11 is 0. The monoisotopic (exact) mass is 323 g/mol. The third-order valence-electron chi connectivity index (χ3n) is 3.63. The Labute approximate surface area is 139 Å². The molecule has 0 aliphatic carbocycles. The largest absolute Gasteiger partial charge is 0.455 e. The van der Waals surface area contributed by atoms with Gasteiger partial charge in [0.25, 0.3) is 0 Å². The third kappa shape index (κ3) is 3.52. The lowest BCUT2D eigenvalue weighted by Gasteiger charge is -2.04. The number of carbonyl (C=O) groups excluding carboxylic acids is 1. The van der Waals surface area contributed by atoms with E-state index in [1.54, 1.807) is 31.2 Å². The van der Waals surface area contributed by atoms with Gasteiger partial charge in [-0.2, -0.15) is 0 Å².